The zero-order valence-electron chi connectivity index (χ0n) is 14.2. The minimum absolute atomic E-state index is 0.119. The van der Waals surface area contributed by atoms with Gasteiger partial charge in [0.25, 0.3) is 0 Å². The van der Waals surface area contributed by atoms with Crippen molar-refractivity contribution < 1.29 is 14.0 Å². The van der Waals surface area contributed by atoms with E-state index in [1.807, 2.05) is 24.0 Å². The molecule has 0 bridgehead atoms. The van der Waals surface area contributed by atoms with E-state index in [2.05, 4.69) is 19.2 Å². The summed E-state index contributed by atoms with van der Waals surface area (Å²) >= 11 is 0. The number of carbonyl (C=O) groups is 2. The minimum atomic E-state index is -0.119. The highest BCUT2D eigenvalue weighted by molar-refractivity contribution is 5.91. The molecule has 1 aromatic rings. The smallest absolute Gasteiger partial charge is 0.244 e. The number of likely N-dealkylation sites (tertiary alicyclic amines) is 1. The Hall–Kier alpha value is -2.04. The van der Waals surface area contributed by atoms with Crippen molar-refractivity contribution in [2.24, 2.45) is 5.92 Å². The van der Waals surface area contributed by atoms with Crippen molar-refractivity contribution in [2.45, 2.75) is 46.1 Å². The minimum Gasteiger partial charge on any atom is -0.462 e. The number of nitrogens with zero attached hydrogens (tertiary/aromatic N) is 1. The Morgan fingerprint density at radius 2 is 2.04 bits per heavy atom. The highest BCUT2D eigenvalue weighted by Crippen LogP contribution is 2.14. The number of hydrogen-bond acceptors (Lipinski definition) is 3. The average Bonchev–Trinajstić information content (AvgIpc) is 2.91. The summed E-state index contributed by atoms with van der Waals surface area (Å²) in [5, 5.41) is 2.99. The summed E-state index contributed by atoms with van der Waals surface area (Å²) in [5.41, 5.74) is 0. The number of hydrogen-bond donors (Lipinski definition) is 1. The lowest BCUT2D eigenvalue weighted by molar-refractivity contribution is -0.133. The van der Waals surface area contributed by atoms with Gasteiger partial charge in [0, 0.05) is 31.6 Å². The van der Waals surface area contributed by atoms with E-state index in [0.29, 0.717) is 18.1 Å². The van der Waals surface area contributed by atoms with Gasteiger partial charge in [0.15, 0.2) is 0 Å². The Kier molecular flexibility index (Phi) is 6.02. The zero-order chi connectivity index (χ0) is 16.8. The zero-order valence-corrected chi connectivity index (χ0v) is 14.2. The number of piperidine rings is 1. The predicted molar refractivity (Wildman–Crippen MR) is 89.7 cm³/mol. The highest BCUT2D eigenvalue weighted by Gasteiger charge is 2.23. The summed E-state index contributed by atoms with van der Waals surface area (Å²) in [6, 6.07) is 3.83. The first-order chi connectivity index (χ1) is 10.9. The van der Waals surface area contributed by atoms with Gasteiger partial charge in [-0.3, -0.25) is 9.59 Å². The number of amides is 2. The molecule has 0 aromatic carbocycles. The first-order valence-corrected chi connectivity index (χ1v) is 8.27. The van der Waals surface area contributed by atoms with Crippen LogP contribution in [0.4, 0.5) is 0 Å². The molecule has 1 aliphatic heterocycles. The van der Waals surface area contributed by atoms with Crippen LogP contribution in [0.1, 0.15) is 44.6 Å². The largest absolute Gasteiger partial charge is 0.462 e. The van der Waals surface area contributed by atoms with Crippen LogP contribution in [-0.2, 0) is 9.59 Å². The molecule has 0 radical (unpaired) electrons. The maximum atomic E-state index is 12.0. The highest BCUT2D eigenvalue weighted by atomic mass is 16.3. The lowest BCUT2D eigenvalue weighted by Crippen LogP contribution is -2.46. The number of furan rings is 1. The Balaban J connectivity index is 1.74. The summed E-state index contributed by atoms with van der Waals surface area (Å²) in [6.07, 6.45) is 5.38. The van der Waals surface area contributed by atoms with E-state index in [1.54, 1.807) is 6.08 Å². The fourth-order valence-electron chi connectivity index (χ4n) is 2.70. The molecule has 2 rings (SSSR count). The maximum absolute atomic E-state index is 12.0. The first kappa shape index (κ1) is 17.3. The molecular weight excluding hydrogens is 292 g/mol. The quantitative estimate of drug-likeness (QED) is 0.849. The lowest BCUT2D eigenvalue weighted by atomic mass is 10.0. The van der Waals surface area contributed by atoms with E-state index >= 15 is 0 Å². The second-order valence-electron chi connectivity index (χ2n) is 6.54. The number of aryl methyl sites for hydroxylation is 1. The maximum Gasteiger partial charge on any atom is 0.244 e. The molecule has 0 aliphatic carbocycles. The summed E-state index contributed by atoms with van der Waals surface area (Å²) in [4.78, 5) is 25.9. The van der Waals surface area contributed by atoms with Crippen LogP contribution in [0, 0.1) is 12.8 Å². The SMILES string of the molecule is Cc1ccc(/C=C/C(=O)NC2CCN(C(=O)CC(C)C)CC2)o1. The summed E-state index contributed by atoms with van der Waals surface area (Å²) in [6.45, 7) is 7.41. The third-order valence-electron chi connectivity index (χ3n) is 3.94. The monoisotopic (exact) mass is 318 g/mol. The van der Waals surface area contributed by atoms with E-state index in [4.69, 9.17) is 4.42 Å². The van der Waals surface area contributed by atoms with E-state index in [1.165, 1.54) is 6.08 Å². The molecule has 23 heavy (non-hydrogen) atoms. The van der Waals surface area contributed by atoms with Crippen LogP contribution in [0.5, 0.6) is 0 Å². The normalized spacial score (nSPS) is 16.3. The van der Waals surface area contributed by atoms with Crippen LogP contribution < -0.4 is 5.32 Å². The third kappa shape index (κ3) is 5.58. The Morgan fingerprint density at radius 3 is 2.61 bits per heavy atom. The van der Waals surface area contributed by atoms with Crippen molar-refractivity contribution in [3.63, 3.8) is 0 Å². The van der Waals surface area contributed by atoms with Crippen molar-refractivity contribution >= 4 is 17.9 Å². The number of carbonyl (C=O) groups excluding carboxylic acids is 2. The fourth-order valence-corrected chi connectivity index (χ4v) is 2.70. The Labute approximate surface area is 137 Å². The molecule has 1 saturated heterocycles. The standard InChI is InChI=1S/C18H26N2O3/c1-13(2)12-18(22)20-10-8-15(9-11-20)19-17(21)7-6-16-5-4-14(3)23-16/h4-7,13,15H,8-12H2,1-3H3,(H,19,21)/b7-6+. The van der Waals surface area contributed by atoms with Gasteiger partial charge in [0.1, 0.15) is 11.5 Å². The van der Waals surface area contributed by atoms with Crippen molar-refractivity contribution in [1.82, 2.24) is 10.2 Å². The van der Waals surface area contributed by atoms with Gasteiger partial charge in [-0.05, 0) is 43.9 Å². The van der Waals surface area contributed by atoms with Gasteiger partial charge in [-0.25, -0.2) is 0 Å². The molecule has 0 unspecified atom stereocenters. The molecule has 0 spiro atoms. The van der Waals surface area contributed by atoms with Gasteiger partial charge in [-0.2, -0.15) is 0 Å². The molecule has 0 saturated carbocycles. The number of nitrogens with one attached hydrogen (secondary N) is 1. The first-order valence-electron chi connectivity index (χ1n) is 8.27. The van der Waals surface area contributed by atoms with Crippen molar-refractivity contribution in [1.29, 1.82) is 0 Å². The summed E-state index contributed by atoms with van der Waals surface area (Å²) in [5.74, 6) is 1.98. The van der Waals surface area contributed by atoms with Gasteiger partial charge in [0.05, 0.1) is 0 Å². The summed E-state index contributed by atoms with van der Waals surface area (Å²) < 4.78 is 5.38. The molecule has 5 nitrogen and oxygen atoms in total. The topological polar surface area (TPSA) is 62.6 Å². The van der Waals surface area contributed by atoms with Gasteiger partial charge in [0.2, 0.25) is 11.8 Å². The Bertz CT molecular complexity index is 567. The predicted octanol–water partition coefficient (Wildman–Crippen LogP) is 2.75. The fraction of sp³-hybridized carbons (Fsp3) is 0.556. The van der Waals surface area contributed by atoms with Crippen LogP contribution >= 0.6 is 0 Å². The third-order valence-corrected chi connectivity index (χ3v) is 3.94. The lowest BCUT2D eigenvalue weighted by Gasteiger charge is -2.32. The van der Waals surface area contributed by atoms with E-state index in [0.717, 1.165) is 31.7 Å². The Morgan fingerprint density at radius 1 is 1.35 bits per heavy atom. The van der Waals surface area contributed by atoms with E-state index in [-0.39, 0.29) is 17.9 Å². The second kappa shape index (κ2) is 7.99. The van der Waals surface area contributed by atoms with E-state index in [9.17, 15) is 9.59 Å². The van der Waals surface area contributed by atoms with Crippen molar-refractivity contribution in [3.05, 3.63) is 29.7 Å². The molecule has 1 aromatic heterocycles. The molecule has 1 N–H and O–H groups in total. The molecule has 5 heteroatoms. The van der Waals surface area contributed by atoms with Crippen LogP contribution in [0.3, 0.4) is 0 Å². The molecule has 0 atom stereocenters. The van der Waals surface area contributed by atoms with Crippen molar-refractivity contribution in [2.75, 3.05) is 13.1 Å². The van der Waals surface area contributed by atoms with Crippen LogP contribution in [0.15, 0.2) is 22.6 Å². The second-order valence-corrected chi connectivity index (χ2v) is 6.54. The van der Waals surface area contributed by atoms with Crippen LogP contribution in [0.25, 0.3) is 6.08 Å². The summed E-state index contributed by atoms with van der Waals surface area (Å²) in [7, 11) is 0. The average molecular weight is 318 g/mol. The van der Waals surface area contributed by atoms with Crippen LogP contribution in [0.2, 0.25) is 0 Å². The van der Waals surface area contributed by atoms with E-state index < -0.39 is 0 Å². The molecule has 2 heterocycles. The molecule has 1 aliphatic rings. The van der Waals surface area contributed by atoms with Gasteiger partial charge in [-0.1, -0.05) is 13.8 Å². The molecule has 126 valence electrons. The van der Waals surface area contributed by atoms with Gasteiger partial charge < -0.3 is 14.6 Å². The molecule has 1 fully saturated rings. The van der Waals surface area contributed by atoms with Gasteiger partial charge >= 0.3 is 0 Å². The number of rotatable bonds is 5. The van der Waals surface area contributed by atoms with Crippen molar-refractivity contribution in [3.8, 4) is 0 Å². The molecule has 2 amide bonds. The van der Waals surface area contributed by atoms with Gasteiger partial charge in [-0.15, -0.1) is 0 Å². The molecular formula is C18H26N2O3. The van der Waals surface area contributed by atoms with Crippen LogP contribution in [-0.4, -0.2) is 35.8 Å².